The van der Waals surface area contributed by atoms with E-state index in [-0.39, 0.29) is 0 Å². The van der Waals surface area contributed by atoms with Crippen molar-refractivity contribution in [2.24, 2.45) is 11.8 Å². The van der Waals surface area contributed by atoms with Gasteiger partial charge in [0.15, 0.2) is 0 Å². The summed E-state index contributed by atoms with van der Waals surface area (Å²) in [6.45, 7) is 4.62. The smallest absolute Gasteiger partial charge is 0.00891 e. The largest absolute Gasteiger partial charge is 0.306 e. The van der Waals surface area contributed by atoms with Gasteiger partial charge < -0.3 is 4.90 Å². The van der Waals surface area contributed by atoms with E-state index in [1.54, 1.807) is 19.3 Å². The second-order valence-electron chi connectivity index (χ2n) is 12.6. The number of hydrogen-bond donors (Lipinski definition) is 0. The molecule has 0 aliphatic heterocycles. The van der Waals surface area contributed by atoms with Crippen molar-refractivity contribution in [3.8, 4) is 0 Å². The summed E-state index contributed by atoms with van der Waals surface area (Å²) in [6, 6.07) is 0.822. The molecule has 0 radical (unpaired) electrons. The zero-order chi connectivity index (χ0) is 25.4. The molecule has 0 heterocycles. The Bertz CT molecular complexity index is 417. The van der Waals surface area contributed by atoms with Crippen molar-refractivity contribution in [1.29, 1.82) is 0 Å². The predicted octanol–water partition coefficient (Wildman–Crippen LogP) is 11.7. The minimum absolute atomic E-state index is 0.822. The fraction of sp³-hybridized carbons (Fsp3) is 1.00. The van der Waals surface area contributed by atoms with Gasteiger partial charge in [-0.3, -0.25) is 0 Å². The van der Waals surface area contributed by atoms with Crippen molar-refractivity contribution >= 4 is 0 Å². The molecule has 1 fully saturated rings. The topological polar surface area (TPSA) is 3.24 Å². The molecule has 210 valence electrons. The summed E-state index contributed by atoms with van der Waals surface area (Å²) in [5, 5.41) is 0. The van der Waals surface area contributed by atoms with Crippen molar-refractivity contribution < 1.29 is 0 Å². The summed E-state index contributed by atoms with van der Waals surface area (Å²) in [5.41, 5.74) is 0. The van der Waals surface area contributed by atoms with Gasteiger partial charge in [0.05, 0.1) is 0 Å². The molecule has 1 unspecified atom stereocenters. The Morgan fingerprint density at radius 2 is 0.771 bits per heavy atom. The van der Waals surface area contributed by atoms with Crippen LogP contribution in [-0.2, 0) is 0 Å². The Morgan fingerprint density at radius 3 is 1.11 bits per heavy atom. The van der Waals surface area contributed by atoms with Gasteiger partial charge in [0.25, 0.3) is 0 Å². The molecular formula is C34H69N. The van der Waals surface area contributed by atoms with Crippen molar-refractivity contribution in [2.75, 3.05) is 14.1 Å². The Hall–Kier alpha value is -0.0400. The molecule has 1 aliphatic carbocycles. The maximum absolute atomic E-state index is 2.50. The maximum atomic E-state index is 2.50. The minimum Gasteiger partial charge on any atom is -0.306 e. The fourth-order valence-electron chi connectivity index (χ4n) is 6.23. The van der Waals surface area contributed by atoms with Gasteiger partial charge in [-0.15, -0.1) is 0 Å². The van der Waals surface area contributed by atoms with Gasteiger partial charge >= 0.3 is 0 Å². The van der Waals surface area contributed by atoms with Crippen LogP contribution in [-0.4, -0.2) is 25.0 Å². The predicted molar refractivity (Wildman–Crippen MR) is 160 cm³/mol. The van der Waals surface area contributed by atoms with Crippen LogP contribution in [0.1, 0.15) is 187 Å². The quantitative estimate of drug-likeness (QED) is 0.0983. The second kappa shape index (κ2) is 24.3. The molecule has 0 bridgehead atoms. The summed E-state index contributed by atoms with van der Waals surface area (Å²) in [6.07, 6.45) is 39.7. The van der Waals surface area contributed by atoms with Crippen LogP contribution in [0.2, 0.25) is 0 Å². The monoisotopic (exact) mass is 492 g/mol. The number of rotatable bonds is 28. The molecule has 1 aliphatic rings. The standard InChI is InChI=1S/C34H69N/c1-5-7-9-11-16-21-25-29-34(35(3)4)30-26-22-18-15-13-14-17-20-24-28-33-31-32(33)27-23-19-12-10-8-6-2/h32-34H,5-31H2,1-4H3/t32-,33+,34?/m1/s1. The van der Waals surface area contributed by atoms with Crippen LogP contribution in [0.25, 0.3) is 0 Å². The normalized spacial score (nSPS) is 18.4. The first-order chi connectivity index (χ1) is 17.2. The van der Waals surface area contributed by atoms with Crippen LogP contribution in [0.3, 0.4) is 0 Å². The molecule has 3 atom stereocenters. The lowest BCUT2D eigenvalue weighted by Gasteiger charge is -2.24. The lowest BCUT2D eigenvalue weighted by Crippen LogP contribution is -2.27. The van der Waals surface area contributed by atoms with Gasteiger partial charge in [0, 0.05) is 6.04 Å². The molecule has 1 heteroatoms. The summed E-state index contributed by atoms with van der Waals surface area (Å²) >= 11 is 0. The van der Waals surface area contributed by atoms with E-state index in [9.17, 15) is 0 Å². The third-order valence-electron chi connectivity index (χ3n) is 8.98. The van der Waals surface area contributed by atoms with E-state index in [1.807, 2.05) is 0 Å². The fourth-order valence-corrected chi connectivity index (χ4v) is 6.23. The first-order valence-corrected chi connectivity index (χ1v) is 16.8. The lowest BCUT2D eigenvalue weighted by atomic mass is 9.99. The Labute approximate surface area is 224 Å². The Kier molecular flexibility index (Phi) is 22.9. The molecular weight excluding hydrogens is 422 g/mol. The SMILES string of the molecule is CCCCCCCCCC(CCCCCCCCCCC[C@H]1C[C@H]1CCCCCCCC)N(C)C. The highest BCUT2D eigenvalue weighted by atomic mass is 15.1. The average molecular weight is 492 g/mol. The molecule has 1 nitrogen and oxygen atoms in total. The molecule has 35 heavy (non-hydrogen) atoms. The summed E-state index contributed by atoms with van der Waals surface area (Å²) in [5.74, 6) is 2.26. The van der Waals surface area contributed by atoms with Crippen LogP contribution in [0, 0.1) is 11.8 Å². The van der Waals surface area contributed by atoms with Crippen LogP contribution in [0.15, 0.2) is 0 Å². The van der Waals surface area contributed by atoms with Gasteiger partial charge in [-0.1, -0.05) is 168 Å². The van der Waals surface area contributed by atoms with Gasteiger partial charge in [0.1, 0.15) is 0 Å². The van der Waals surface area contributed by atoms with E-state index < -0.39 is 0 Å². The van der Waals surface area contributed by atoms with E-state index in [4.69, 9.17) is 0 Å². The van der Waals surface area contributed by atoms with Crippen LogP contribution in [0.5, 0.6) is 0 Å². The Balaban J connectivity index is 1.81. The van der Waals surface area contributed by atoms with Crippen LogP contribution in [0.4, 0.5) is 0 Å². The first kappa shape index (κ1) is 33.0. The molecule has 0 aromatic carbocycles. The average Bonchev–Trinajstić information content (AvgIpc) is 3.60. The molecule has 0 aromatic heterocycles. The first-order valence-electron chi connectivity index (χ1n) is 16.8. The van der Waals surface area contributed by atoms with Crippen LogP contribution >= 0.6 is 0 Å². The number of nitrogens with zero attached hydrogens (tertiary/aromatic N) is 1. The molecule has 0 N–H and O–H groups in total. The van der Waals surface area contributed by atoms with E-state index in [0.717, 1.165) is 17.9 Å². The highest BCUT2D eigenvalue weighted by molar-refractivity contribution is 4.85. The summed E-state index contributed by atoms with van der Waals surface area (Å²) in [4.78, 5) is 2.50. The second-order valence-corrected chi connectivity index (χ2v) is 12.6. The van der Waals surface area contributed by atoms with Gasteiger partial charge in [-0.25, -0.2) is 0 Å². The van der Waals surface area contributed by atoms with Gasteiger partial charge in [0.2, 0.25) is 0 Å². The summed E-state index contributed by atoms with van der Waals surface area (Å²) < 4.78 is 0. The van der Waals surface area contributed by atoms with Gasteiger partial charge in [-0.05, 0) is 45.2 Å². The van der Waals surface area contributed by atoms with E-state index in [1.165, 1.54) is 154 Å². The molecule has 0 saturated heterocycles. The summed E-state index contributed by atoms with van der Waals surface area (Å²) in [7, 11) is 4.59. The highest BCUT2D eigenvalue weighted by Crippen LogP contribution is 2.45. The van der Waals surface area contributed by atoms with Crippen molar-refractivity contribution in [3.05, 3.63) is 0 Å². The zero-order valence-corrected chi connectivity index (χ0v) is 25.3. The van der Waals surface area contributed by atoms with Crippen molar-refractivity contribution in [2.45, 2.75) is 193 Å². The third-order valence-corrected chi connectivity index (χ3v) is 8.98. The highest BCUT2D eigenvalue weighted by Gasteiger charge is 2.34. The van der Waals surface area contributed by atoms with Crippen LogP contribution < -0.4 is 0 Å². The number of hydrogen-bond acceptors (Lipinski definition) is 1. The van der Waals surface area contributed by atoms with E-state index in [2.05, 4.69) is 32.8 Å². The molecule has 0 amide bonds. The van der Waals surface area contributed by atoms with Crippen molar-refractivity contribution in [3.63, 3.8) is 0 Å². The zero-order valence-electron chi connectivity index (χ0n) is 25.3. The number of unbranched alkanes of at least 4 members (excludes halogenated alkanes) is 19. The Morgan fingerprint density at radius 1 is 0.457 bits per heavy atom. The maximum Gasteiger partial charge on any atom is 0.00891 e. The molecule has 0 aromatic rings. The molecule has 1 rings (SSSR count). The third kappa shape index (κ3) is 20.7. The van der Waals surface area contributed by atoms with E-state index >= 15 is 0 Å². The van der Waals surface area contributed by atoms with Crippen molar-refractivity contribution in [1.82, 2.24) is 4.90 Å². The molecule has 0 spiro atoms. The minimum atomic E-state index is 0.822. The molecule has 1 saturated carbocycles. The van der Waals surface area contributed by atoms with E-state index in [0.29, 0.717) is 0 Å². The lowest BCUT2D eigenvalue weighted by molar-refractivity contribution is 0.251. The van der Waals surface area contributed by atoms with Gasteiger partial charge in [-0.2, -0.15) is 0 Å².